The first kappa shape index (κ1) is 13.8. The van der Waals surface area contributed by atoms with Crippen molar-refractivity contribution in [1.82, 2.24) is 0 Å². The van der Waals surface area contributed by atoms with E-state index in [1.807, 2.05) is 19.9 Å². The zero-order chi connectivity index (χ0) is 14.0. The van der Waals surface area contributed by atoms with Crippen LogP contribution in [0.2, 0.25) is 0 Å². The van der Waals surface area contributed by atoms with Crippen LogP contribution in [-0.4, -0.2) is 11.3 Å². The molecule has 2 nitrogen and oxygen atoms in total. The Kier molecular flexibility index (Phi) is 4.05. The van der Waals surface area contributed by atoms with E-state index in [9.17, 15) is 5.11 Å². The monoisotopic (exact) mass is 317 g/mol. The van der Waals surface area contributed by atoms with E-state index in [1.54, 1.807) is 18.3 Å². The molecule has 19 heavy (non-hydrogen) atoms. The van der Waals surface area contributed by atoms with Crippen LogP contribution in [-0.2, 0) is 0 Å². The summed E-state index contributed by atoms with van der Waals surface area (Å²) in [5, 5.41) is 9.78. The van der Waals surface area contributed by atoms with Crippen LogP contribution in [0.3, 0.4) is 0 Å². The van der Waals surface area contributed by atoms with E-state index >= 15 is 0 Å². The summed E-state index contributed by atoms with van der Waals surface area (Å²) in [5.41, 5.74) is 5.18. The zero-order valence-corrected chi connectivity index (χ0v) is 12.8. The van der Waals surface area contributed by atoms with Crippen LogP contribution < -0.4 is 0 Å². The number of rotatable bonds is 2. The van der Waals surface area contributed by atoms with Crippen molar-refractivity contribution >= 4 is 27.8 Å². The number of benzene rings is 2. The Morgan fingerprint density at radius 2 is 1.68 bits per heavy atom. The average molecular weight is 318 g/mol. The predicted molar refractivity (Wildman–Crippen MR) is 83.7 cm³/mol. The van der Waals surface area contributed by atoms with Crippen LogP contribution in [0, 0.1) is 20.8 Å². The molecule has 0 amide bonds. The molecular weight excluding hydrogens is 302 g/mol. The zero-order valence-electron chi connectivity index (χ0n) is 11.2. The number of halogens is 1. The highest BCUT2D eigenvalue weighted by atomic mass is 79.9. The van der Waals surface area contributed by atoms with Crippen LogP contribution in [0.1, 0.15) is 22.3 Å². The molecule has 0 aliphatic heterocycles. The van der Waals surface area contributed by atoms with Gasteiger partial charge in [0.2, 0.25) is 0 Å². The number of aromatic hydroxyl groups is 1. The summed E-state index contributed by atoms with van der Waals surface area (Å²) in [6.45, 7) is 6.18. The minimum absolute atomic E-state index is 0.231. The molecule has 0 aliphatic carbocycles. The first-order valence-electron chi connectivity index (χ1n) is 6.08. The maximum Gasteiger partial charge on any atom is 0.124 e. The topological polar surface area (TPSA) is 32.6 Å². The lowest BCUT2D eigenvalue weighted by Gasteiger charge is -2.06. The molecule has 2 aromatic rings. The number of phenolic OH excluding ortho intramolecular Hbond substituents is 1. The largest absolute Gasteiger partial charge is 0.507 e. The quantitative estimate of drug-likeness (QED) is 0.790. The van der Waals surface area contributed by atoms with Crippen molar-refractivity contribution in [1.29, 1.82) is 0 Å². The molecule has 0 fully saturated rings. The second-order valence-corrected chi connectivity index (χ2v) is 5.62. The summed E-state index contributed by atoms with van der Waals surface area (Å²) in [4.78, 5) is 4.51. The van der Waals surface area contributed by atoms with Crippen molar-refractivity contribution in [3.63, 3.8) is 0 Å². The highest BCUT2D eigenvalue weighted by molar-refractivity contribution is 9.10. The Bertz CT molecular complexity index is 624. The molecule has 3 heteroatoms. The van der Waals surface area contributed by atoms with Gasteiger partial charge in [-0.15, -0.1) is 0 Å². The summed E-state index contributed by atoms with van der Waals surface area (Å²) < 4.78 is 0.920. The second-order valence-electron chi connectivity index (χ2n) is 4.71. The third-order valence-electron chi connectivity index (χ3n) is 2.96. The first-order valence-corrected chi connectivity index (χ1v) is 6.87. The Morgan fingerprint density at radius 3 is 2.32 bits per heavy atom. The Labute approximate surface area is 122 Å². The molecule has 0 bridgehead atoms. The van der Waals surface area contributed by atoms with Crippen LogP contribution in [0.25, 0.3) is 0 Å². The van der Waals surface area contributed by atoms with Crippen LogP contribution >= 0.6 is 15.9 Å². The number of hydrogen-bond acceptors (Lipinski definition) is 2. The van der Waals surface area contributed by atoms with Gasteiger partial charge >= 0.3 is 0 Å². The average Bonchev–Trinajstić information content (AvgIpc) is 2.32. The molecule has 0 saturated heterocycles. The normalized spacial score (nSPS) is 11.2. The van der Waals surface area contributed by atoms with Crippen molar-refractivity contribution < 1.29 is 5.11 Å². The van der Waals surface area contributed by atoms with Gasteiger partial charge in [-0.25, -0.2) is 0 Å². The van der Waals surface area contributed by atoms with Gasteiger partial charge in [-0.05, 0) is 50.1 Å². The lowest BCUT2D eigenvalue weighted by molar-refractivity contribution is 0.474. The fraction of sp³-hybridized carbons (Fsp3) is 0.188. The van der Waals surface area contributed by atoms with Gasteiger partial charge in [0.15, 0.2) is 0 Å². The predicted octanol–water partition coefficient (Wildman–Crippen LogP) is 4.83. The lowest BCUT2D eigenvalue weighted by Crippen LogP contribution is -1.86. The van der Waals surface area contributed by atoms with Gasteiger partial charge in [0, 0.05) is 16.3 Å². The van der Waals surface area contributed by atoms with E-state index < -0.39 is 0 Å². The number of aryl methyl sites for hydroxylation is 3. The van der Waals surface area contributed by atoms with Crippen molar-refractivity contribution in [2.75, 3.05) is 0 Å². The third kappa shape index (κ3) is 3.24. The maximum atomic E-state index is 9.78. The Morgan fingerprint density at radius 1 is 1.05 bits per heavy atom. The Balaban J connectivity index is 2.41. The fourth-order valence-electron chi connectivity index (χ4n) is 2.14. The van der Waals surface area contributed by atoms with Gasteiger partial charge in [-0.2, -0.15) is 0 Å². The lowest BCUT2D eigenvalue weighted by atomic mass is 10.1. The third-order valence-corrected chi connectivity index (χ3v) is 3.45. The Hall–Kier alpha value is -1.61. The van der Waals surface area contributed by atoms with Gasteiger partial charge < -0.3 is 5.11 Å². The number of hydrogen-bond donors (Lipinski definition) is 1. The van der Waals surface area contributed by atoms with Gasteiger partial charge in [-0.1, -0.05) is 33.6 Å². The summed E-state index contributed by atoms with van der Waals surface area (Å²) in [6.07, 6.45) is 1.70. The smallest absolute Gasteiger partial charge is 0.124 e. The second kappa shape index (κ2) is 5.57. The molecule has 0 radical (unpaired) electrons. The number of phenols is 1. The molecule has 0 aromatic heterocycles. The molecule has 98 valence electrons. The highest BCUT2D eigenvalue weighted by Gasteiger charge is 2.03. The van der Waals surface area contributed by atoms with Gasteiger partial charge in [0.25, 0.3) is 0 Å². The maximum absolute atomic E-state index is 9.78. The molecule has 0 aliphatic rings. The summed E-state index contributed by atoms with van der Waals surface area (Å²) in [6, 6.07) is 9.52. The molecule has 2 aromatic carbocycles. The molecular formula is C16H16BrNO. The van der Waals surface area contributed by atoms with E-state index in [1.165, 1.54) is 5.56 Å². The van der Waals surface area contributed by atoms with Crippen molar-refractivity contribution in [3.8, 4) is 5.75 Å². The number of nitrogens with zero attached hydrogens (tertiary/aromatic N) is 1. The van der Waals surface area contributed by atoms with E-state index in [0.29, 0.717) is 5.56 Å². The molecule has 0 atom stereocenters. The van der Waals surface area contributed by atoms with Crippen molar-refractivity contribution in [2.45, 2.75) is 20.8 Å². The molecule has 0 heterocycles. The molecule has 1 N–H and O–H groups in total. The molecule has 0 saturated carbocycles. The summed E-state index contributed by atoms with van der Waals surface area (Å²) in [7, 11) is 0. The number of aliphatic imine (C=N–C) groups is 1. The fourth-order valence-corrected chi connectivity index (χ4v) is 2.52. The standard InChI is InChI=1S/C16H16BrNO/c1-10-6-11(2)16(12(3)7-10)18-9-13-8-14(17)4-5-15(13)19/h4-9,19H,1-3H3. The minimum Gasteiger partial charge on any atom is -0.507 e. The summed E-state index contributed by atoms with van der Waals surface area (Å²) in [5.74, 6) is 0.231. The minimum atomic E-state index is 0.231. The molecule has 0 spiro atoms. The van der Waals surface area contributed by atoms with Gasteiger partial charge in [0.05, 0.1) is 5.69 Å². The molecule has 0 unspecified atom stereocenters. The van der Waals surface area contributed by atoms with Crippen LogP contribution in [0.4, 0.5) is 5.69 Å². The molecule has 2 rings (SSSR count). The van der Waals surface area contributed by atoms with E-state index in [2.05, 4.69) is 40.0 Å². The van der Waals surface area contributed by atoms with Gasteiger partial charge in [-0.3, -0.25) is 4.99 Å². The van der Waals surface area contributed by atoms with Crippen molar-refractivity contribution in [3.05, 3.63) is 57.1 Å². The SMILES string of the molecule is Cc1cc(C)c(N=Cc2cc(Br)ccc2O)c(C)c1. The highest BCUT2D eigenvalue weighted by Crippen LogP contribution is 2.26. The van der Waals surface area contributed by atoms with E-state index in [4.69, 9.17) is 0 Å². The first-order chi connectivity index (χ1) is 8.97. The van der Waals surface area contributed by atoms with E-state index in [0.717, 1.165) is 21.3 Å². The van der Waals surface area contributed by atoms with Crippen LogP contribution in [0.15, 0.2) is 39.8 Å². The van der Waals surface area contributed by atoms with Crippen molar-refractivity contribution in [2.24, 2.45) is 4.99 Å². The summed E-state index contributed by atoms with van der Waals surface area (Å²) >= 11 is 3.39. The van der Waals surface area contributed by atoms with Crippen LogP contribution in [0.5, 0.6) is 5.75 Å². The van der Waals surface area contributed by atoms with E-state index in [-0.39, 0.29) is 5.75 Å². The van der Waals surface area contributed by atoms with Gasteiger partial charge in [0.1, 0.15) is 5.75 Å².